The molecule has 1 saturated carbocycles. The molecule has 0 aromatic heterocycles. The maximum absolute atomic E-state index is 12.0. The van der Waals surface area contributed by atoms with E-state index >= 15 is 0 Å². The summed E-state index contributed by atoms with van der Waals surface area (Å²) in [6.45, 7) is 1.74. The molecule has 18 heavy (non-hydrogen) atoms. The second-order valence-electron chi connectivity index (χ2n) is 5.14. The highest BCUT2D eigenvalue weighted by molar-refractivity contribution is 5.83. The van der Waals surface area contributed by atoms with Crippen LogP contribution in [0.1, 0.15) is 38.2 Å². The number of methoxy groups -OCH3 is 1. The quantitative estimate of drug-likeness (QED) is 0.894. The molecule has 0 radical (unpaired) electrons. The van der Waals surface area contributed by atoms with Gasteiger partial charge in [0.1, 0.15) is 11.5 Å². The summed E-state index contributed by atoms with van der Waals surface area (Å²) in [6, 6.07) is 7.30. The molecule has 1 aliphatic carbocycles. The van der Waals surface area contributed by atoms with Crippen LogP contribution in [0.15, 0.2) is 24.3 Å². The number of benzene rings is 1. The molecule has 3 heteroatoms. The van der Waals surface area contributed by atoms with Crippen LogP contribution in [-0.4, -0.2) is 18.0 Å². The number of rotatable bonds is 3. The minimum absolute atomic E-state index is 0.182. The molecule has 0 bridgehead atoms. The second kappa shape index (κ2) is 5.11. The minimum atomic E-state index is -1.08. The highest BCUT2D eigenvalue weighted by Gasteiger charge is 2.39. The molecule has 2 atom stereocenters. The molecule has 0 saturated heterocycles. The molecule has 1 fully saturated rings. The van der Waals surface area contributed by atoms with E-state index in [1.54, 1.807) is 14.0 Å². The second-order valence-corrected chi connectivity index (χ2v) is 5.14. The zero-order valence-electron chi connectivity index (χ0n) is 11.0. The number of carbonyl (C=O) groups is 1. The predicted molar refractivity (Wildman–Crippen MR) is 69.5 cm³/mol. The maximum Gasteiger partial charge on any atom is 0.139 e. The molecule has 0 amide bonds. The molecule has 1 aromatic rings. The Labute approximate surface area is 108 Å². The molecular formula is C15H20O3. The minimum Gasteiger partial charge on any atom is -0.497 e. The number of ether oxygens (including phenoxy) is 1. The summed E-state index contributed by atoms with van der Waals surface area (Å²) in [4.78, 5) is 12.0. The van der Waals surface area contributed by atoms with E-state index in [0.717, 1.165) is 30.6 Å². The summed E-state index contributed by atoms with van der Waals surface area (Å²) in [5.74, 6) is 0.659. The highest BCUT2D eigenvalue weighted by Crippen LogP contribution is 2.37. The van der Waals surface area contributed by atoms with Crippen molar-refractivity contribution in [3.8, 4) is 5.75 Å². The lowest BCUT2D eigenvalue weighted by Crippen LogP contribution is -2.38. The fourth-order valence-corrected chi connectivity index (χ4v) is 2.71. The number of hydrogen-bond donors (Lipinski definition) is 1. The van der Waals surface area contributed by atoms with E-state index in [9.17, 15) is 9.90 Å². The lowest BCUT2D eigenvalue weighted by molar-refractivity contribution is -0.134. The van der Waals surface area contributed by atoms with Crippen LogP contribution >= 0.6 is 0 Å². The van der Waals surface area contributed by atoms with Gasteiger partial charge in [-0.2, -0.15) is 0 Å². The van der Waals surface area contributed by atoms with Crippen molar-refractivity contribution in [2.24, 2.45) is 5.92 Å². The lowest BCUT2D eigenvalue weighted by atomic mass is 9.74. The Morgan fingerprint density at radius 2 is 1.94 bits per heavy atom. The molecule has 3 nitrogen and oxygen atoms in total. The average molecular weight is 248 g/mol. The molecule has 98 valence electrons. The van der Waals surface area contributed by atoms with E-state index < -0.39 is 5.60 Å². The van der Waals surface area contributed by atoms with Gasteiger partial charge in [-0.05, 0) is 37.5 Å². The smallest absolute Gasteiger partial charge is 0.139 e. The maximum atomic E-state index is 12.0. The zero-order chi connectivity index (χ0) is 13.2. The largest absolute Gasteiger partial charge is 0.497 e. The predicted octanol–water partition coefficient (Wildman–Crippen LogP) is 2.66. The van der Waals surface area contributed by atoms with E-state index in [1.807, 2.05) is 24.3 Å². The molecule has 1 N–H and O–H groups in total. The molecular weight excluding hydrogens is 228 g/mol. The van der Waals surface area contributed by atoms with E-state index in [4.69, 9.17) is 4.74 Å². The fraction of sp³-hybridized carbons (Fsp3) is 0.533. The Morgan fingerprint density at radius 3 is 2.50 bits per heavy atom. The Bertz CT molecular complexity index is 420. The first kappa shape index (κ1) is 13.1. The van der Waals surface area contributed by atoms with Crippen LogP contribution in [-0.2, 0) is 10.4 Å². The number of hydrogen-bond acceptors (Lipinski definition) is 3. The van der Waals surface area contributed by atoms with Crippen LogP contribution in [0, 0.1) is 5.92 Å². The summed E-state index contributed by atoms with van der Waals surface area (Å²) < 4.78 is 5.10. The monoisotopic (exact) mass is 248 g/mol. The van der Waals surface area contributed by atoms with E-state index in [2.05, 4.69) is 0 Å². The number of Topliss-reactive ketones (excluding diaryl/α,β-unsaturated/α-hetero) is 1. The van der Waals surface area contributed by atoms with Gasteiger partial charge in [0.2, 0.25) is 0 Å². The standard InChI is InChI=1S/C15H20O3/c1-15(17,13-5-3-4-6-14(13)16)11-7-9-12(18-2)10-8-11/h7-10,13,17H,3-6H2,1-2H3/t13-,15-/m1/s1. The third-order valence-electron chi connectivity index (χ3n) is 3.91. The van der Waals surface area contributed by atoms with Crippen molar-refractivity contribution < 1.29 is 14.6 Å². The van der Waals surface area contributed by atoms with E-state index in [0.29, 0.717) is 6.42 Å². The zero-order valence-corrected chi connectivity index (χ0v) is 11.0. The highest BCUT2D eigenvalue weighted by atomic mass is 16.5. The number of aliphatic hydroxyl groups is 1. The van der Waals surface area contributed by atoms with Crippen molar-refractivity contribution >= 4 is 5.78 Å². The van der Waals surface area contributed by atoms with Crippen LogP contribution in [0.3, 0.4) is 0 Å². The van der Waals surface area contributed by atoms with Crippen LogP contribution in [0.4, 0.5) is 0 Å². The normalized spacial score (nSPS) is 23.5. The third kappa shape index (κ3) is 2.41. The Kier molecular flexibility index (Phi) is 3.71. The van der Waals surface area contributed by atoms with E-state index in [-0.39, 0.29) is 11.7 Å². The first-order chi connectivity index (χ1) is 8.55. The molecule has 1 aliphatic rings. The van der Waals surface area contributed by atoms with Gasteiger partial charge in [-0.3, -0.25) is 4.79 Å². The fourth-order valence-electron chi connectivity index (χ4n) is 2.71. The molecule has 2 rings (SSSR count). The summed E-state index contributed by atoms with van der Waals surface area (Å²) in [5, 5.41) is 10.7. The van der Waals surface area contributed by atoms with Crippen LogP contribution < -0.4 is 4.74 Å². The molecule has 1 aromatic carbocycles. The van der Waals surface area contributed by atoms with Gasteiger partial charge in [0.25, 0.3) is 0 Å². The van der Waals surface area contributed by atoms with Crippen molar-refractivity contribution in [1.29, 1.82) is 0 Å². The Balaban J connectivity index is 2.25. The lowest BCUT2D eigenvalue weighted by Gasteiger charge is -2.34. The molecule has 0 unspecified atom stereocenters. The number of ketones is 1. The number of carbonyl (C=O) groups excluding carboxylic acids is 1. The van der Waals surface area contributed by atoms with Gasteiger partial charge < -0.3 is 9.84 Å². The van der Waals surface area contributed by atoms with Gasteiger partial charge in [0.15, 0.2) is 0 Å². The van der Waals surface area contributed by atoms with Gasteiger partial charge in [-0.25, -0.2) is 0 Å². The van der Waals surface area contributed by atoms with Gasteiger partial charge >= 0.3 is 0 Å². The summed E-state index contributed by atoms with van der Waals surface area (Å²) >= 11 is 0. The Morgan fingerprint density at radius 1 is 1.28 bits per heavy atom. The summed E-state index contributed by atoms with van der Waals surface area (Å²) in [5.41, 5.74) is -0.299. The van der Waals surface area contributed by atoms with E-state index in [1.165, 1.54) is 0 Å². The van der Waals surface area contributed by atoms with Crippen molar-refractivity contribution in [3.05, 3.63) is 29.8 Å². The third-order valence-corrected chi connectivity index (χ3v) is 3.91. The van der Waals surface area contributed by atoms with Crippen molar-refractivity contribution in [1.82, 2.24) is 0 Å². The molecule has 0 aliphatic heterocycles. The van der Waals surface area contributed by atoms with Gasteiger partial charge in [0, 0.05) is 6.42 Å². The first-order valence-corrected chi connectivity index (χ1v) is 6.45. The van der Waals surface area contributed by atoms with Crippen LogP contribution in [0.5, 0.6) is 5.75 Å². The van der Waals surface area contributed by atoms with Crippen molar-refractivity contribution in [2.45, 2.75) is 38.2 Å². The SMILES string of the molecule is COc1ccc([C@@](C)(O)[C@@H]2CCCCC2=O)cc1. The first-order valence-electron chi connectivity index (χ1n) is 6.45. The molecule has 0 heterocycles. The van der Waals surface area contributed by atoms with Crippen molar-refractivity contribution in [3.63, 3.8) is 0 Å². The summed E-state index contributed by atoms with van der Waals surface area (Å²) in [7, 11) is 1.61. The van der Waals surface area contributed by atoms with Gasteiger partial charge in [-0.1, -0.05) is 18.6 Å². The van der Waals surface area contributed by atoms with Crippen LogP contribution in [0.2, 0.25) is 0 Å². The van der Waals surface area contributed by atoms with Gasteiger partial charge in [-0.15, -0.1) is 0 Å². The topological polar surface area (TPSA) is 46.5 Å². The Hall–Kier alpha value is -1.35. The molecule has 0 spiro atoms. The summed E-state index contributed by atoms with van der Waals surface area (Å²) in [6.07, 6.45) is 3.34. The average Bonchev–Trinajstić information content (AvgIpc) is 2.39. The van der Waals surface area contributed by atoms with Crippen molar-refractivity contribution in [2.75, 3.05) is 7.11 Å². The van der Waals surface area contributed by atoms with Gasteiger partial charge in [0.05, 0.1) is 18.6 Å². The van der Waals surface area contributed by atoms with Crippen LogP contribution in [0.25, 0.3) is 0 Å².